The Hall–Kier alpha value is -1.56. The quantitative estimate of drug-likeness (QED) is 0.920. The molecule has 1 saturated heterocycles. The first kappa shape index (κ1) is 15.8. The summed E-state index contributed by atoms with van der Waals surface area (Å²) in [6.07, 6.45) is 3.21. The van der Waals surface area contributed by atoms with Gasteiger partial charge in [-0.15, -0.1) is 0 Å². The molecule has 21 heavy (non-hydrogen) atoms. The number of carbonyl (C=O) groups is 2. The third kappa shape index (κ3) is 3.37. The Balaban J connectivity index is 2.01. The first-order valence-electron chi connectivity index (χ1n) is 7.20. The monoisotopic (exact) mass is 312 g/mol. The minimum Gasteiger partial charge on any atom is -0.341 e. The lowest BCUT2D eigenvalue weighted by Crippen LogP contribution is -2.48. The number of hydrogen-bond donors (Lipinski definition) is 1. The molecule has 0 spiro atoms. The number of halogens is 1. The Morgan fingerprint density at radius 2 is 1.90 bits per heavy atom. The second-order valence-corrected chi connectivity index (χ2v) is 5.83. The van der Waals surface area contributed by atoms with Crippen LogP contribution >= 0.6 is 11.6 Å². The highest BCUT2D eigenvalue weighted by Crippen LogP contribution is 2.19. The van der Waals surface area contributed by atoms with Crippen LogP contribution in [0.15, 0.2) is 0 Å². The number of aromatic nitrogens is 2. The fraction of sp³-hybridized carbons (Fsp3) is 0.643. The van der Waals surface area contributed by atoms with Gasteiger partial charge in [0.1, 0.15) is 6.04 Å². The van der Waals surface area contributed by atoms with Crippen molar-refractivity contribution in [3.8, 4) is 0 Å². The molecule has 6 nitrogen and oxygen atoms in total. The number of nitrogens with zero attached hydrogens (tertiary/aromatic N) is 3. The van der Waals surface area contributed by atoms with Gasteiger partial charge in [-0.3, -0.25) is 14.3 Å². The molecule has 0 bridgehead atoms. The van der Waals surface area contributed by atoms with E-state index in [0.29, 0.717) is 5.02 Å². The van der Waals surface area contributed by atoms with Gasteiger partial charge in [0.2, 0.25) is 5.91 Å². The van der Waals surface area contributed by atoms with E-state index in [4.69, 9.17) is 11.6 Å². The summed E-state index contributed by atoms with van der Waals surface area (Å²) < 4.78 is 1.55. The lowest BCUT2D eigenvalue weighted by Gasteiger charge is -2.29. The Bertz CT molecular complexity index is 549. The molecule has 1 N–H and O–H groups in total. The lowest BCUT2D eigenvalue weighted by atomic mass is 10.1. The zero-order valence-corrected chi connectivity index (χ0v) is 13.4. The van der Waals surface area contributed by atoms with E-state index in [1.807, 2.05) is 0 Å². The van der Waals surface area contributed by atoms with Crippen molar-refractivity contribution >= 4 is 23.4 Å². The zero-order chi connectivity index (χ0) is 15.6. The smallest absolute Gasteiger partial charge is 0.273 e. The first-order chi connectivity index (χ1) is 9.91. The van der Waals surface area contributed by atoms with Gasteiger partial charge in [-0.25, -0.2) is 0 Å². The van der Waals surface area contributed by atoms with E-state index in [-0.39, 0.29) is 11.6 Å². The molecule has 1 aromatic heterocycles. The van der Waals surface area contributed by atoms with Crippen LogP contribution in [-0.2, 0) is 11.8 Å². The number of likely N-dealkylation sites (tertiary alicyclic amines) is 1. The van der Waals surface area contributed by atoms with Gasteiger partial charge in [0.15, 0.2) is 5.69 Å². The summed E-state index contributed by atoms with van der Waals surface area (Å²) in [6, 6.07) is -0.575. The van der Waals surface area contributed by atoms with E-state index in [9.17, 15) is 9.59 Å². The minimum absolute atomic E-state index is 0.0492. The molecule has 0 saturated carbocycles. The summed E-state index contributed by atoms with van der Waals surface area (Å²) in [5, 5.41) is 7.09. The molecule has 1 aliphatic rings. The highest BCUT2D eigenvalue weighted by Gasteiger charge is 2.26. The number of nitrogens with one attached hydrogen (secondary N) is 1. The Kier molecular flexibility index (Phi) is 4.88. The highest BCUT2D eigenvalue weighted by molar-refractivity contribution is 6.34. The maximum atomic E-state index is 12.3. The predicted molar refractivity (Wildman–Crippen MR) is 80.3 cm³/mol. The maximum Gasteiger partial charge on any atom is 0.273 e. The first-order valence-corrected chi connectivity index (χ1v) is 7.58. The molecule has 0 radical (unpaired) electrons. The van der Waals surface area contributed by atoms with Crippen molar-refractivity contribution in [3.63, 3.8) is 0 Å². The van der Waals surface area contributed by atoms with Gasteiger partial charge < -0.3 is 10.2 Å². The van der Waals surface area contributed by atoms with Gasteiger partial charge in [0.25, 0.3) is 5.91 Å². The standard InChI is InChI=1S/C14H21ClN4O2/c1-9(14(21)19-7-5-4-6-8-19)16-13(20)12-11(15)10(2)18(3)17-12/h9H,4-8H2,1-3H3,(H,16,20). The summed E-state index contributed by atoms with van der Waals surface area (Å²) in [4.78, 5) is 26.3. The Labute approximate surface area is 129 Å². The van der Waals surface area contributed by atoms with Gasteiger partial charge in [-0.05, 0) is 33.1 Å². The van der Waals surface area contributed by atoms with Gasteiger partial charge >= 0.3 is 0 Å². The Morgan fingerprint density at radius 3 is 2.43 bits per heavy atom. The molecule has 7 heteroatoms. The average molecular weight is 313 g/mol. The van der Waals surface area contributed by atoms with E-state index >= 15 is 0 Å². The van der Waals surface area contributed by atoms with Crippen LogP contribution in [0.4, 0.5) is 0 Å². The van der Waals surface area contributed by atoms with Crippen LogP contribution in [0.25, 0.3) is 0 Å². The van der Waals surface area contributed by atoms with Crippen LogP contribution < -0.4 is 5.32 Å². The molecule has 1 atom stereocenters. The van der Waals surface area contributed by atoms with Crippen molar-refractivity contribution in [1.29, 1.82) is 0 Å². The van der Waals surface area contributed by atoms with Gasteiger partial charge in [-0.1, -0.05) is 11.6 Å². The number of piperidine rings is 1. The number of carbonyl (C=O) groups excluding carboxylic acids is 2. The van der Waals surface area contributed by atoms with Crippen LogP contribution in [0.1, 0.15) is 42.4 Å². The van der Waals surface area contributed by atoms with Crippen LogP contribution in [0, 0.1) is 6.92 Å². The van der Waals surface area contributed by atoms with Crippen LogP contribution in [-0.4, -0.2) is 45.6 Å². The lowest BCUT2D eigenvalue weighted by molar-refractivity contribution is -0.133. The molecule has 0 aromatic carbocycles. The molecular weight excluding hydrogens is 292 g/mol. The van der Waals surface area contributed by atoms with Gasteiger partial charge in [-0.2, -0.15) is 5.10 Å². The van der Waals surface area contributed by atoms with Crippen LogP contribution in [0.3, 0.4) is 0 Å². The summed E-state index contributed by atoms with van der Waals surface area (Å²) in [7, 11) is 1.72. The molecule has 2 rings (SSSR count). The molecule has 2 amide bonds. The second kappa shape index (κ2) is 6.47. The molecule has 1 aliphatic heterocycles. The molecule has 1 aromatic rings. The summed E-state index contributed by atoms with van der Waals surface area (Å²) in [6.45, 7) is 5.01. The number of amides is 2. The normalized spacial score (nSPS) is 16.7. The number of hydrogen-bond acceptors (Lipinski definition) is 3. The summed E-state index contributed by atoms with van der Waals surface area (Å²) >= 11 is 6.08. The number of aryl methyl sites for hydroxylation is 1. The Morgan fingerprint density at radius 1 is 1.29 bits per heavy atom. The highest BCUT2D eigenvalue weighted by atomic mass is 35.5. The summed E-state index contributed by atoms with van der Waals surface area (Å²) in [5.41, 5.74) is 0.881. The SMILES string of the molecule is Cc1c(Cl)c(C(=O)NC(C)C(=O)N2CCCCC2)nn1C. The van der Waals surface area contributed by atoms with Crippen molar-refractivity contribution in [1.82, 2.24) is 20.0 Å². The summed E-state index contributed by atoms with van der Waals surface area (Å²) in [5.74, 6) is -0.464. The topological polar surface area (TPSA) is 67.2 Å². The van der Waals surface area contributed by atoms with E-state index in [1.54, 1.807) is 30.5 Å². The van der Waals surface area contributed by atoms with E-state index in [1.165, 1.54) is 0 Å². The van der Waals surface area contributed by atoms with Gasteiger partial charge in [0, 0.05) is 20.1 Å². The maximum absolute atomic E-state index is 12.3. The van der Waals surface area contributed by atoms with E-state index < -0.39 is 11.9 Å². The van der Waals surface area contributed by atoms with Crippen molar-refractivity contribution < 1.29 is 9.59 Å². The number of rotatable bonds is 3. The molecule has 1 unspecified atom stereocenters. The predicted octanol–water partition coefficient (Wildman–Crippen LogP) is 1.51. The third-order valence-electron chi connectivity index (χ3n) is 3.86. The van der Waals surface area contributed by atoms with E-state index in [2.05, 4.69) is 10.4 Å². The third-order valence-corrected chi connectivity index (χ3v) is 4.31. The van der Waals surface area contributed by atoms with Crippen molar-refractivity contribution in [2.45, 2.75) is 39.2 Å². The molecule has 2 heterocycles. The van der Waals surface area contributed by atoms with Crippen molar-refractivity contribution in [2.75, 3.05) is 13.1 Å². The molecule has 1 fully saturated rings. The molecule has 0 aliphatic carbocycles. The van der Waals surface area contributed by atoms with Gasteiger partial charge in [0.05, 0.1) is 10.7 Å². The minimum atomic E-state index is -0.575. The fourth-order valence-corrected chi connectivity index (χ4v) is 2.69. The second-order valence-electron chi connectivity index (χ2n) is 5.45. The van der Waals surface area contributed by atoms with Crippen LogP contribution in [0.5, 0.6) is 0 Å². The largest absolute Gasteiger partial charge is 0.341 e. The van der Waals surface area contributed by atoms with Crippen molar-refractivity contribution in [2.24, 2.45) is 7.05 Å². The fourth-order valence-electron chi connectivity index (χ4n) is 2.44. The van der Waals surface area contributed by atoms with Crippen molar-refractivity contribution in [3.05, 3.63) is 16.4 Å². The van der Waals surface area contributed by atoms with E-state index in [0.717, 1.165) is 38.0 Å². The molecular formula is C14H21ClN4O2. The van der Waals surface area contributed by atoms with Crippen LogP contribution in [0.2, 0.25) is 5.02 Å². The molecule has 116 valence electrons. The zero-order valence-electron chi connectivity index (χ0n) is 12.6. The average Bonchev–Trinajstić information content (AvgIpc) is 2.75.